The summed E-state index contributed by atoms with van der Waals surface area (Å²) < 4.78 is 82.7. The lowest BCUT2D eigenvalue weighted by Crippen LogP contribution is -2.54. The van der Waals surface area contributed by atoms with Crippen molar-refractivity contribution in [1.29, 1.82) is 0 Å². The van der Waals surface area contributed by atoms with Gasteiger partial charge in [-0.05, 0) is 38.1 Å². The Morgan fingerprint density at radius 1 is 0.523 bits per heavy atom. The Bertz CT molecular complexity index is 1410. The Kier molecular flexibility index (Phi) is 13.0. The van der Waals surface area contributed by atoms with Gasteiger partial charge in [-0.1, -0.05) is 35.4 Å². The molecule has 0 spiro atoms. The smallest absolute Gasteiger partial charge is 0.303 e. The minimum Gasteiger partial charge on any atom is -0.456 e. The average Bonchev–Trinajstić information content (AvgIpc) is 2.91. The topological polar surface area (TPSA) is 192 Å². The van der Waals surface area contributed by atoms with Crippen LogP contribution in [-0.2, 0) is 66.7 Å². The summed E-state index contributed by atoms with van der Waals surface area (Å²) in [6, 6.07) is 11.2. The zero-order valence-corrected chi connectivity index (χ0v) is 26.5. The van der Waals surface area contributed by atoms with Gasteiger partial charge < -0.3 is 18.9 Å². The van der Waals surface area contributed by atoms with E-state index in [9.17, 15) is 36.0 Å². The van der Waals surface area contributed by atoms with Crippen molar-refractivity contribution in [2.24, 2.45) is 0 Å². The van der Waals surface area contributed by atoms with Crippen LogP contribution >= 0.6 is 0 Å². The number of esters is 4. The van der Waals surface area contributed by atoms with Crippen LogP contribution in [0.15, 0.2) is 58.3 Å². The molecule has 2 rings (SSSR count). The second-order valence-corrected chi connectivity index (χ2v) is 12.8. The number of carbonyl (C=O) groups is 4. The normalized spacial score (nSPS) is 14.4. The van der Waals surface area contributed by atoms with Gasteiger partial charge in [-0.25, -0.2) is 0 Å². The third kappa shape index (κ3) is 11.3. The summed E-state index contributed by atoms with van der Waals surface area (Å²) >= 11 is 0. The third-order valence-electron chi connectivity index (χ3n) is 5.69. The predicted octanol–water partition coefficient (Wildman–Crippen LogP) is 2.14. The highest BCUT2D eigenvalue weighted by molar-refractivity contribution is 7.87. The average molecular weight is 659 g/mol. The fraction of sp³-hybridized carbons (Fsp3) is 0.429. The van der Waals surface area contributed by atoms with Crippen molar-refractivity contribution in [2.75, 3.05) is 13.2 Å². The maximum absolute atomic E-state index is 12.9. The highest BCUT2D eigenvalue weighted by Crippen LogP contribution is 2.23. The molecule has 0 bridgehead atoms. The first-order valence-electron chi connectivity index (χ1n) is 13.0. The van der Waals surface area contributed by atoms with Gasteiger partial charge >= 0.3 is 23.9 Å². The number of aryl methyl sites for hydroxylation is 2. The second-order valence-electron chi connectivity index (χ2n) is 9.55. The first-order valence-corrected chi connectivity index (χ1v) is 15.8. The summed E-state index contributed by atoms with van der Waals surface area (Å²) in [6.07, 6.45) is -7.34. The van der Waals surface area contributed by atoms with E-state index in [1.165, 1.54) is 48.5 Å². The van der Waals surface area contributed by atoms with Gasteiger partial charge in [0.2, 0.25) is 0 Å². The number of benzene rings is 2. The largest absolute Gasteiger partial charge is 0.456 e. The van der Waals surface area contributed by atoms with Gasteiger partial charge in [0.15, 0.2) is 24.4 Å². The Hall–Kier alpha value is -3.86. The summed E-state index contributed by atoms with van der Waals surface area (Å²) in [5.74, 6) is -3.99. The Labute approximate surface area is 255 Å². The quantitative estimate of drug-likeness (QED) is 0.154. The van der Waals surface area contributed by atoms with Crippen LogP contribution in [0.1, 0.15) is 38.8 Å². The van der Waals surface area contributed by atoms with E-state index in [-0.39, 0.29) is 9.79 Å². The van der Waals surface area contributed by atoms with Gasteiger partial charge in [-0.2, -0.15) is 16.8 Å². The van der Waals surface area contributed by atoms with E-state index >= 15 is 0 Å². The minimum atomic E-state index is -4.45. The Morgan fingerprint density at radius 3 is 1.05 bits per heavy atom. The molecule has 2 aromatic carbocycles. The SMILES string of the molecule is CC(=O)O[C@@H]([C@H](OC(C)=O)[C@@H](COS(=O)(=O)c1ccc(C)cc1)OC(C)=O)[C@@H](COS(=O)(=O)c1ccc(C)cc1)OC(C)=O. The van der Waals surface area contributed by atoms with Crippen LogP contribution in [0, 0.1) is 13.8 Å². The van der Waals surface area contributed by atoms with Crippen LogP contribution in [0.4, 0.5) is 0 Å². The van der Waals surface area contributed by atoms with Gasteiger partial charge in [0, 0.05) is 27.7 Å². The van der Waals surface area contributed by atoms with E-state index in [2.05, 4.69) is 0 Å². The van der Waals surface area contributed by atoms with Crippen molar-refractivity contribution >= 4 is 44.1 Å². The first kappa shape index (κ1) is 36.3. The van der Waals surface area contributed by atoms with Crippen LogP contribution in [0.5, 0.6) is 0 Å². The molecule has 14 nitrogen and oxygen atoms in total. The maximum Gasteiger partial charge on any atom is 0.303 e. The molecule has 0 amide bonds. The van der Waals surface area contributed by atoms with Gasteiger partial charge in [-0.3, -0.25) is 27.5 Å². The molecule has 0 saturated heterocycles. The number of carbonyl (C=O) groups excluding carboxylic acids is 4. The van der Waals surface area contributed by atoms with Gasteiger partial charge in [0.05, 0.1) is 9.79 Å². The lowest BCUT2D eigenvalue weighted by molar-refractivity contribution is -0.202. The number of hydrogen-bond donors (Lipinski definition) is 0. The van der Waals surface area contributed by atoms with E-state index in [4.69, 9.17) is 27.3 Å². The third-order valence-corrected chi connectivity index (χ3v) is 8.28. The van der Waals surface area contributed by atoms with E-state index in [1.807, 2.05) is 0 Å². The number of ether oxygens (including phenoxy) is 4. The molecule has 0 radical (unpaired) electrons. The van der Waals surface area contributed by atoms with Crippen LogP contribution < -0.4 is 0 Å². The molecule has 0 saturated carbocycles. The van der Waals surface area contributed by atoms with Crippen LogP contribution in [-0.4, -0.2) is 78.3 Å². The van der Waals surface area contributed by atoms with E-state index in [0.717, 1.165) is 38.8 Å². The molecule has 2 aromatic rings. The van der Waals surface area contributed by atoms with Crippen LogP contribution in [0.3, 0.4) is 0 Å². The Balaban J connectivity index is 2.52. The van der Waals surface area contributed by atoms with Gasteiger partial charge in [-0.15, -0.1) is 0 Å². The van der Waals surface area contributed by atoms with Crippen LogP contribution in [0.2, 0.25) is 0 Å². The summed E-state index contributed by atoms with van der Waals surface area (Å²) in [4.78, 5) is 47.9. The molecular formula is C28H34O14S2. The fourth-order valence-electron chi connectivity index (χ4n) is 3.77. The van der Waals surface area contributed by atoms with Crippen molar-refractivity contribution < 1.29 is 63.3 Å². The summed E-state index contributed by atoms with van der Waals surface area (Å²) in [6.45, 7) is 5.39. The minimum absolute atomic E-state index is 0.238. The van der Waals surface area contributed by atoms with Crippen molar-refractivity contribution in [3.05, 3.63) is 59.7 Å². The molecule has 242 valence electrons. The maximum atomic E-state index is 12.9. The number of rotatable bonds is 15. The van der Waals surface area contributed by atoms with Crippen molar-refractivity contribution in [3.63, 3.8) is 0 Å². The lowest BCUT2D eigenvalue weighted by Gasteiger charge is -2.35. The van der Waals surface area contributed by atoms with Gasteiger partial charge in [0.25, 0.3) is 20.2 Å². The summed E-state index contributed by atoms with van der Waals surface area (Å²) in [5.41, 5.74) is 1.54. The molecule has 0 unspecified atom stereocenters. The van der Waals surface area contributed by atoms with Crippen molar-refractivity contribution in [1.82, 2.24) is 0 Å². The molecule has 0 N–H and O–H groups in total. The molecule has 0 fully saturated rings. The second kappa shape index (κ2) is 15.7. The predicted molar refractivity (Wildman–Crippen MR) is 151 cm³/mol. The molecule has 16 heteroatoms. The first-order chi connectivity index (χ1) is 20.4. The molecule has 4 atom stereocenters. The fourth-order valence-corrected chi connectivity index (χ4v) is 5.61. The van der Waals surface area contributed by atoms with Gasteiger partial charge in [0.1, 0.15) is 13.2 Å². The Morgan fingerprint density at radius 2 is 0.795 bits per heavy atom. The molecule has 0 aliphatic carbocycles. The monoisotopic (exact) mass is 658 g/mol. The lowest BCUT2D eigenvalue weighted by atomic mass is 10.0. The molecule has 44 heavy (non-hydrogen) atoms. The molecular weight excluding hydrogens is 624 g/mol. The molecule has 0 heterocycles. The highest BCUT2D eigenvalue weighted by Gasteiger charge is 2.45. The molecule has 0 aromatic heterocycles. The summed E-state index contributed by atoms with van der Waals surface area (Å²) in [5, 5.41) is 0. The van der Waals surface area contributed by atoms with E-state index in [0.29, 0.717) is 0 Å². The van der Waals surface area contributed by atoms with Crippen molar-refractivity contribution in [2.45, 2.75) is 75.7 Å². The highest BCUT2D eigenvalue weighted by atomic mass is 32.2. The van der Waals surface area contributed by atoms with E-state index in [1.54, 1.807) is 13.8 Å². The van der Waals surface area contributed by atoms with Crippen molar-refractivity contribution in [3.8, 4) is 0 Å². The van der Waals surface area contributed by atoms with E-state index < -0.39 is 81.7 Å². The zero-order chi connectivity index (χ0) is 33.2. The summed E-state index contributed by atoms with van der Waals surface area (Å²) in [7, 11) is -8.90. The standard InChI is InChI=1S/C28H34O14S2/c1-17-7-11-23(12-8-17)43(33,34)37-15-25(39-19(3)29)27(41-21(5)31)28(42-22(6)32)26(40-20(4)30)16-38-44(35,36)24-13-9-18(2)10-14-24/h7-14,25-28H,15-16H2,1-6H3/t25-,26-,27-,28-/m1/s1. The van der Waals surface area contributed by atoms with Crippen LogP contribution in [0.25, 0.3) is 0 Å². The zero-order valence-electron chi connectivity index (χ0n) is 24.9. The number of hydrogen-bond acceptors (Lipinski definition) is 14. The molecule has 0 aliphatic rings. The molecule has 0 aliphatic heterocycles.